The second-order valence-corrected chi connectivity index (χ2v) is 5.08. The lowest BCUT2D eigenvalue weighted by Gasteiger charge is -2.26. The lowest BCUT2D eigenvalue weighted by molar-refractivity contribution is 0.199. The molecule has 6 heteroatoms. The van der Waals surface area contributed by atoms with E-state index in [4.69, 9.17) is 16.3 Å². The summed E-state index contributed by atoms with van der Waals surface area (Å²) < 4.78 is 18.9. The highest BCUT2D eigenvalue weighted by atomic mass is 35.5. The summed E-state index contributed by atoms with van der Waals surface area (Å²) in [6.07, 6.45) is 3.60. The van der Waals surface area contributed by atoms with Gasteiger partial charge in [0.25, 0.3) is 0 Å². The summed E-state index contributed by atoms with van der Waals surface area (Å²) in [4.78, 5) is 6.14. The van der Waals surface area contributed by atoms with E-state index in [9.17, 15) is 4.39 Å². The minimum atomic E-state index is -0.351. The van der Waals surface area contributed by atoms with Crippen molar-refractivity contribution in [3.8, 4) is 0 Å². The molecule has 19 heavy (non-hydrogen) atoms. The Hall–Kier alpha value is -0.910. The maximum absolute atomic E-state index is 13.9. The smallest absolute Gasteiger partial charge is 0.167 e. The van der Waals surface area contributed by atoms with E-state index in [2.05, 4.69) is 10.3 Å². The van der Waals surface area contributed by atoms with Crippen molar-refractivity contribution in [3.05, 3.63) is 23.1 Å². The number of hydrogen-bond acceptors (Lipinski definition) is 4. The number of pyridine rings is 1. The zero-order valence-corrected chi connectivity index (χ0v) is 11.8. The van der Waals surface area contributed by atoms with Gasteiger partial charge in [-0.05, 0) is 18.9 Å². The first-order valence-electron chi connectivity index (χ1n) is 6.49. The van der Waals surface area contributed by atoms with Crippen molar-refractivity contribution in [3.63, 3.8) is 0 Å². The van der Waals surface area contributed by atoms with E-state index in [0.29, 0.717) is 17.4 Å². The number of rotatable bonds is 6. The van der Waals surface area contributed by atoms with Crippen molar-refractivity contribution in [1.29, 1.82) is 0 Å². The number of ether oxygens (including phenoxy) is 1. The van der Waals surface area contributed by atoms with E-state index in [0.717, 1.165) is 32.5 Å². The van der Waals surface area contributed by atoms with Gasteiger partial charge in [-0.15, -0.1) is 0 Å². The molecule has 0 spiro atoms. The van der Waals surface area contributed by atoms with Crippen LogP contribution in [0.2, 0.25) is 5.02 Å². The van der Waals surface area contributed by atoms with Gasteiger partial charge in [0.1, 0.15) is 0 Å². The average molecular weight is 288 g/mol. The van der Waals surface area contributed by atoms with Gasteiger partial charge in [-0.1, -0.05) is 11.6 Å². The fraction of sp³-hybridized carbons (Fsp3) is 0.615. The molecule has 2 heterocycles. The Kier molecular flexibility index (Phi) is 5.36. The molecule has 0 aromatic carbocycles. The topological polar surface area (TPSA) is 37.4 Å². The third kappa shape index (κ3) is 3.78. The molecule has 1 aromatic rings. The molecule has 1 unspecified atom stereocenters. The molecular weight excluding hydrogens is 269 g/mol. The zero-order valence-electron chi connectivity index (χ0n) is 11.0. The highest BCUT2D eigenvalue weighted by Crippen LogP contribution is 2.27. The van der Waals surface area contributed by atoms with Gasteiger partial charge in [-0.3, -0.25) is 0 Å². The quantitative estimate of drug-likeness (QED) is 0.813. The second-order valence-electron chi connectivity index (χ2n) is 4.65. The molecule has 2 rings (SSSR count). The Bertz CT molecular complexity index is 419. The number of nitrogens with zero attached hydrogens (tertiary/aromatic N) is 2. The predicted molar refractivity (Wildman–Crippen MR) is 74.3 cm³/mol. The molecule has 0 saturated carbocycles. The van der Waals surface area contributed by atoms with Crippen LogP contribution in [0.3, 0.4) is 0 Å². The van der Waals surface area contributed by atoms with Crippen molar-refractivity contribution in [2.45, 2.75) is 18.9 Å². The van der Waals surface area contributed by atoms with E-state index >= 15 is 0 Å². The summed E-state index contributed by atoms with van der Waals surface area (Å²) in [6.45, 7) is 3.13. The van der Waals surface area contributed by atoms with Crippen LogP contribution < -0.4 is 10.2 Å². The minimum absolute atomic E-state index is 0.278. The Morgan fingerprint density at radius 2 is 2.47 bits per heavy atom. The summed E-state index contributed by atoms with van der Waals surface area (Å²) in [5.74, 6) is 0.0525. The van der Waals surface area contributed by atoms with E-state index in [1.54, 1.807) is 7.11 Å². The molecule has 106 valence electrons. The van der Waals surface area contributed by atoms with E-state index in [-0.39, 0.29) is 11.9 Å². The fourth-order valence-electron chi connectivity index (χ4n) is 2.39. The van der Waals surface area contributed by atoms with Gasteiger partial charge in [0, 0.05) is 39.0 Å². The number of aromatic nitrogens is 1. The molecule has 1 fully saturated rings. The van der Waals surface area contributed by atoms with Gasteiger partial charge in [-0.2, -0.15) is 0 Å². The monoisotopic (exact) mass is 287 g/mol. The molecule has 0 bridgehead atoms. The molecule has 4 nitrogen and oxygen atoms in total. The van der Waals surface area contributed by atoms with Crippen molar-refractivity contribution in [2.75, 3.05) is 38.3 Å². The molecule has 0 radical (unpaired) electrons. The zero-order chi connectivity index (χ0) is 13.7. The minimum Gasteiger partial charge on any atom is -0.383 e. The first kappa shape index (κ1) is 14.5. The van der Waals surface area contributed by atoms with Crippen molar-refractivity contribution in [2.24, 2.45) is 0 Å². The van der Waals surface area contributed by atoms with Crippen LogP contribution in [-0.2, 0) is 4.74 Å². The molecule has 0 aliphatic carbocycles. The highest BCUT2D eigenvalue weighted by Gasteiger charge is 2.27. The third-order valence-electron chi connectivity index (χ3n) is 3.30. The first-order chi connectivity index (χ1) is 9.22. The van der Waals surface area contributed by atoms with Crippen LogP contribution in [-0.4, -0.2) is 44.4 Å². The van der Waals surface area contributed by atoms with Crippen LogP contribution in [0, 0.1) is 5.82 Å². The molecule has 1 saturated heterocycles. The average Bonchev–Trinajstić information content (AvgIpc) is 2.83. The van der Waals surface area contributed by atoms with Crippen LogP contribution in [0.25, 0.3) is 0 Å². The summed E-state index contributed by atoms with van der Waals surface area (Å²) >= 11 is 5.73. The first-order valence-corrected chi connectivity index (χ1v) is 6.87. The Labute approximate surface area is 117 Å². The maximum atomic E-state index is 13.9. The molecular formula is C13H19ClFN3O. The Balaban J connectivity index is 1.97. The molecule has 1 aromatic heterocycles. The number of halogens is 2. The number of anilines is 1. The number of hydrogen-bond donors (Lipinski definition) is 1. The van der Waals surface area contributed by atoms with E-state index in [1.807, 2.05) is 4.90 Å². The maximum Gasteiger partial charge on any atom is 0.167 e. The molecule has 1 atom stereocenters. The number of nitrogens with one attached hydrogen (secondary N) is 1. The van der Waals surface area contributed by atoms with Gasteiger partial charge in [-0.25, -0.2) is 9.37 Å². The lowest BCUT2D eigenvalue weighted by Crippen LogP contribution is -2.39. The van der Waals surface area contributed by atoms with Crippen LogP contribution >= 0.6 is 11.6 Å². The van der Waals surface area contributed by atoms with Gasteiger partial charge < -0.3 is 15.0 Å². The van der Waals surface area contributed by atoms with Crippen molar-refractivity contribution in [1.82, 2.24) is 10.3 Å². The largest absolute Gasteiger partial charge is 0.383 e. The second kappa shape index (κ2) is 7.03. The van der Waals surface area contributed by atoms with Crippen LogP contribution in [0.4, 0.5) is 10.2 Å². The van der Waals surface area contributed by atoms with Crippen LogP contribution in [0.15, 0.2) is 12.3 Å². The molecule has 1 aliphatic heterocycles. The lowest BCUT2D eigenvalue weighted by atomic mass is 10.2. The molecule has 0 amide bonds. The highest BCUT2D eigenvalue weighted by molar-refractivity contribution is 6.30. The van der Waals surface area contributed by atoms with E-state index in [1.165, 1.54) is 12.3 Å². The SMILES string of the molecule is COCCNCC1CCCN1c1ncc(Cl)cc1F. The number of methoxy groups -OCH3 is 1. The van der Waals surface area contributed by atoms with Crippen LogP contribution in [0.5, 0.6) is 0 Å². The molecule has 1 aliphatic rings. The van der Waals surface area contributed by atoms with Gasteiger partial charge in [0.15, 0.2) is 11.6 Å². The third-order valence-corrected chi connectivity index (χ3v) is 3.51. The van der Waals surface area contributed by atoms with Crippen molar-refractivity contribution < 1.29 is 9.13 Å². The van der Waals surface area contributed by atoms with Gasteiger partial charge in [0.05, 0.1) is 11.6 Å². The van der Waals surface area contributed by atoms with E-state index < -0.39 is 0 Å². The predicted octanol–water partition coefficient (Wildman–Crippen LogP) is 2.08. The van der Waals surface area contributed by atoms with Gasteiger partial charge in [0.2, 0.25) is 0 Å². The Morgan fingerprint density at radius 1 is 1.63 bits per heavy atom. The molecule has 1 N–H and O–H groups in total. The van der Waals surface area contributed by atoms with Crippen LogP contribution in [0.1, 0.15) is 12.8 Å². The summed E-state index contributed by atoms with van der Waals surface area (Å²) in [5.41, 5.74) is 0. The fourth-order valence-corrected chi connectivity index (χ4v) is 2.53. The summed E-state index contributed by atoms with van der Waals surface area (Å²) in [6, 6.07) is 1.59. The standard InChI is InChI=1S/C13H19ClFN3O/c1-19-6-4-16-9-11-3-2-5-18(11)13-12(15)7-10(14)8-17-13/h7-8,11,16H,2-6,9H2,1H3. The van der Waals surface area contributed by atoms with Crippen molar-refractivity contribution >= 4 is 17.4 Å². The van der Waals surface area contributed by atoms with Gasteiger partial charge >= 0.3 is 0 Å². The normalized spacial score (nSPS) is 19.1. The summed E-state index contributed by atoms with van der Waals surface area (Å²) in [7, 11) is 1.68. The Morgan fingerprint density at radius 3 is 3.21 bits per heavy atom. The summed E-state index contributed by atoms with van der Waals surface area (Å²) in [5, 5.41) is 3.64.